The molecule has 0 radical (unpaired) electrons. The molecular weight excluding hydrogens is 344 g/mol. The summed E-state index contributed by atoms with van der Waals surface area (Å²) >= 11 is 1.63. The van der Waals surface area contributed by atoms with Gasteiger partial charge in [0.1, 0.15) is 12.4 Å². The van der Waals surface area contributed by atoms with Crippen molar-refractivity contribution in [2.75, 3.05) is 0 Å². The van der Waals surface area contributed by atoms with Crippen molar-refractivity contribution >= 4 is 17.2 Å². The van der Waals surface area contributed by atoms with Crippen molar-refractivity contribution < 1.29 is 9.53 Å². The van der Waals surface area contributed by atoms with Crippen molar-refractivity contribution in [3.63, 3.8) is 0 Å². The lowest BCUT2D eigenvalue weighted by molar-refractivity contribution is 0.0613. The first kappa shape index (κ1) is 17.5. The number of thiazole rings is 1. The number of ether oxygens (including phenoxy) is 1. The van der Waals surface area contributed by atoms with Crippen LogP contribution in [0.25, 0.3) is 0 Å². The van der Waals surface area contributed by atoms with Crippen molar-refractivity contribution in [2.24, 2.45) is 0 Å². The average Bonchev–Trinajstić information content (AvgIpc) is 3.41. The molecule has 138 valence electrons. The zero-order valence-electron chi connectivity index (χ0n) is 15.3. The standard InChI is InChI=1S/C21H26N2O2S/c1-15-22-17(14-26-15)13-25-20-9-5-6-16(12-20)21(24)23(19-10-11-19)18-7-3-2-4-8-18/h5-6,9,12,14,18-19H,2-4,7-8,10-11,13H2,1H3. The number of aryl methyl sites for hydroxylation is 1. The largest absolute Gasteiger partial charge is 0.487 e. The van der Waals surface area contributed by atoms with Crippen molar-refractivity contribution in [3.8, 4) is 5.75 Å². The number of carbonyl (C=O) groups excluding carboxylic acids is 1. The molecule has 0 saturated heterocycles. The Hall–Kier alpha value is -1.88. The normalized spacial score (nSPS) is 17.9. The first-order valence-electron chi connectivity index (χ1n) is 9.67. The predicted octanol–water partition coefficient (Wildman–Crippen LogP) is 4.97. The van der Waals surface area contributed by atoms with Gasteiger partial charge in [0, 0.05) is 23.0 Å². The molecule has 1 aromatic heterocycles. The Morgan fingerprint density at radius 1 is 1.19 bits per heavy atom. The molecule has 1 aromatic carbocycles. The van der Waals surface area contributed by atoms with E-state index in [1.54, 1.807) is 11.3 Å². The number of carbonyl (C=O) groups is 1. The van der Waals surface area contributed by atoms with Crippen molar-refractivity contribution in [1.29, 1.82) is 0 Å². The third kappa shape index (κ3) is 4.09. The Labute approximate surface area is 159 Å². The maximum absolute atomic E-state index is 13.2. The highest BCUT2D eigenvalue weighted by molar-refractivity contribution is 7.09. The fourth-order valence-corrected chi connectivity index (χ4v) is 4.44. The summed E-state index contributed by atoms with van der Waals surface area (Å²) in [6, 6.07) is 8.51. The Balaban J connectivity index is 1.46. The van der Waals surface area contributed by atoms with Crippen LogP contribution >= 0.6 is 11.3 Å². The summed E-state index contributed by atoms with van der Waals surface area (Å²) in [4.78, 5) is 19.8. The van der Waals surface area contributed by atoms with Gasteiger partial charge < -0.3 is 9.64 Å². The molecular formula is C21H26N2O2S. The molecule has 5 heteroatoms. The summed E-state index contributed by atoms with van der Waals surface area (Å²) in [5.41, 5.74) is 1.68. The Morgan fingerprint density at radius 2 is 1.96 bits per heavy atom. The van der Waals surface area contributed by atoms with E-state index in [2.05, 4.69) is 9.88 Å². The lowest BCUT2D eigenvalue weighted by Gasteiger charge is -2.34. The van der Waals surface area contributed by atoms with Gasteiger partial charge >= 0.3 is 0 Å². The van der Waals surface area contributed by atoms with Crippen LogP contribution in [0.4, 0.5) is 0 Å². The number of rotatable bonds is 6. The minimum atomic E-state index is 0.175. The zero-order valence-corrected chi connectivity index (χ0v) is 16.1. The van der Waals surface area contributed by atoms with Gasteiger partial charge in [0.25, 0.3) is 5.91 Å². The molecule has 4 nitrogen and oxygen atoms in total. The minimum Gasteiger partial charge on any atom is -0.487 e. The third-order valence-corrected chi connectivity index (χ3v) is 6.10. The number of hydrogen-bond donors (Lipinski definition) is 0. The molecule has 0 unspecified atom stereocenters. The molecule has 2 fully saturated rings. The van der Waals surface area contributed by atoms with Gasteiger partial charge in [-0.2, -0.15) is 0 Å². The van der Waals surface area contributed by atoms with Crippen LogP contribution in [-0.2, 0) is 6.61 Å². The Morgan fingerprint density at radius 3 is 2.65 bits per heavy atom. The van der Waals surface area contributed by atoms with Gasteiger partial charge in [-0.15, -0.1) is 11.3 Å². The maximum atomic E-state index is 13.2. The number of hydrogen-bond acceptors (Lipinski definition) is 4. The Kier molecular flexibility index (Phi) is 5.25. The number of amides is 1. The molecule has 0 spiro atoms. The monoisotopic (exact) mass is 370 g/mol. The highest BCUT2D eigenvalue weighted by Crippen LogP contribution is 2.35. The summed E-state index contributed by atoms with van der Waals surface area (Å²) in [6.07, 6.45) is 8.42. The maximum Gasteiger partial charge on any atom is 0.254 e. The van der Waals surface area contributed by atoms with E-state index < -0.39 is 0 Å². The van der Waals surface area contributed by atoms with Crippen LogP contribution in [-0.4, -0.2) is 27.9 Å². The molecule has 1 heterocycles. The predicted molar refractivity (Wildman–Crippen MR) is 104 cm³/mol. The highest BCUT2D eigenvalue weighted by atomic mass is 32.1. The summed E-state index contributed by atoms with van der Waals surface area (Å²) < 4.78 is 5.87. The van der Waals surface area contributed by atoms with Gasteiger partial charge in [0.2, 0.25) is 0 Å². The SMILES string of the molecule is Cc1nc(COc2cccc(C(=O)N(C3CCCCC3)C3CC3)c2)cs1. The van der Waals surface area contributed by atoms with E-state index in [1.807, 2.05) is 36.6 Å². The molecule has 2 aliphatic carbocycles. The summed E-state index contributed by atoms with van der Waals surface area (Å²) in [5, 5.41) is 3.06. The van der Waals surface area contributed by atoms with Gasteiger partial charge in [-0.1, -0.05) is 25.3 Å². The fraction of sp³-hybridized carbons (Fsp3) is 0.524. The van der Waals surface area contributed by atoms with Gasteiger partial charge in [-0.25, -0.2) is 4.98 Å². The van der Waals surface area contributed by atoms with E-state index in [-0.39, 0.29) is 5.91 Å². The fourth-order valence-electron chi connectivity index (χ4n) is 3.84. The molecule has 0 N–H and O–H groups in total. The summed E-state index contributed by atoms with van der Waals surface area (Å²) in [6.45, 7) is 2.43. The molecule has 4 rings (SSSR count). The summed E-state index contributed by atoms with van der Waals surface area (Å²) in [5.74, 6) is 0.912. The van der Waals surface area contributed by atoms with Crippen molar-refractivity contribution in [1.82, 2.24) is 9.88 Å². The molecule has 2 aliphatic rings. The van der Waals surface area contributed by atoms with Crippen LogP contribution in [0.3, 0.4) is 0 Å². The highest BCUT2D eigenvalue weighted by Gasteiger charge is 2.38. The second kappa shape index (κ2) is 7.78. The van der Waals surface area contributed by atoms with E-state index in [0.717, 1.165) is 47.7 Å². The Bertz CT molecular complexity index is 763. The molecule has 2 aromatic rings. The molecule has 26 heavy (non-hydrogen) atoms. The second-order valence-electron chi connectivity index (χ2n) is 7.41. The van der Waals surface area contributed by atoms with E-state index in [1.165, 1.54) is 19.3 Å². The average molecular weight is 371 g/mol. The molecule has 0 aliphatic heterocycles. The second-order valence-corrected chi connectivity index (χ2v) is 8.47. The quantitative estimate of drug-likeness (QED) is 0.721. The molecule has 1 amide bonds. The van der Waals surface area contributed by atoms with Crippen molar-refractivity contribution in [2.45, 2.75) is 70.6 Å². The van der Waals surface area contributed by atoms with Gasteiger partial charge in [-0.3, -0.25) is 4.79 Å². The topological polar surface area (TPSA) is 42.4 Å². The number of aromatic nitrogens is 1. The molecule has 2 saturated carbocycles. The van der Waals surface area contributed by atoms with Gasteiger partial charge in [-0.05, 0) is 50.8 Å². The van der Waals surface area contributed by atoms with Crippen LogP contribution in [0.1, 0.15) is 66.0 Å². The number of benzene rings is 1. The van der Waals surface area contributed by atoms with E-state index in [0.29, 0.717) is 18.7 Å². The zero-order chi connectivity index (χ0) is 17.9. The van der Waals surface area contributed by atoms with E-state index in [4.69, 9.17) is 4.74 Å². The van der Waals surface area contributed by atoms with Crippen molar-refractivity contribution in [3.05, 3.63) is 45.9 Å². The lowest BCUT2D eigenvalue weighted by atomic mass is 9.93. The van der Waals surface area contributed by atoms with Crippen LogP contribution in [0.15, 0.2) is 29.6 Å². The lowest BCUT2D eigenvalue weighted by Crippen LogP contribution is -2.43. The molecule has 0 atom stereocenters. The van der Waals surface area contributed by atoms with E-state index >= 15 is 0 Å². The minimum absolute atomic E-state index is 0.175. The van der Waals surface area contributed by atoms with E-state index in [9.17, 15) is 4.79 Å². The third-order valence-electron chi connectivity index (χ3n) is 5.28. The summed E-state index contributed by atoms with van der Waals surface area (Å²) in [7, 11) is 0. The van der Waals surface area contributed by atoms with Crippen LogP contribution in [0.2, 0.25) is 0 Å². The van der Waals surface area contributed by atoms with Gasteiger partial charge in [0.05, 0.1) is 10.7 Å². The number of nitrogens with zero attached hydrogens (tertiary/aromatic N) is 2. The first-order valence-corrected chi connectivity index (χ1v) is 10.6. The van der Waals surface area contributed by atoms with Crippen LogP contribution < -0.4 is 4.74 Å². The molecule has 0 bridgehead atoms. The van der Waals surface area contributed by atoms with Gasteiger partial charge in [0.15, 0.2) is 0 Å². The first-order chi connectivity index (χ1) is 12.7. The van der Waals surface area contributed by atoms with Crippen LogP contribution in [0.5, 0.6) is 5.75 Å². The smallest absolute Gasteiger partial charge is 0.254 e. The van der Waals surface area contributed by atoms with Crippen LogP contribution in [0, 0.1) is 6.92 Å².